The first-order valence-electron chi connectivity index (χ1n) is 6.92. The van der Waals surface area contributed by atoms with E-state index in [9.17, 15) is 4.79 Å². The van der Waals surface area contributed by atoms with Crippen LogP contribution in [0.4, 0.5) is 11.4 Å². The van der Waals surface area contributed by atoms with Crippen molar-refractivity contribution in [1.29, 1.82) is 0 Å². The lowest BCUT2D eigenvalue weighted by Crippen LogP contribution is -2.14. The first-order valence-corrected chi connectivity index (χ1v) is 6.92. The van der Waals surface area contributed by atoms with Gasteiger partial charge in [-0.05, 0) is 49.7 Å². The van der Waals surface area contributed by atoms with Gasteiger partial charge in [0, 0.05) is 23.0 Å². The van der Waals surface area contributed by atoms with Crippen LogP contribution in [0, 0.1) is 0 Å². The lowest BCUT2D eigenvalue weighted by Gasteiger charge is -2.13. The van der Waals surface area contributed by atoms with Crippen LogP contribution in [-0.4, -0.2) is 11.9 Å². The molecule has 3 nitrogen and oxygen atoms in total. The zero-order valence-corrected chi connectivity index (χ0v) is 11.9. The molecule has 1 amide bonds. The molecule has 2 aromatic rings. The smallest absolute Gasteiger partial charge is 0.255 e. The molecule has 0 fully saturated rings. The van der Waals surface area contributed by atoms with E-state index in [0.29, 0.717) is 11.6 Å². The molecule has 0 bridgehead atoms. The van der Waals surface area contributed by atoms with E-state index in [2.05, 4.69) is 24.5 Å². The third-order valence-corrected chi connectivity index (χ3v) is 3.20. The molecule has 2 N–H and O–H groups in total. The Hall–Kier alpha value is -2.29. The number of benzene rings is 2. The molecular formula is C17H20N2O. The Labute approximate surface area is 120 Å². The van der Waals surface area contributed by atoms with Gasteiger partial charge < -0.3 is 10.6 Å². The van der Waals surface area contributed by atoms with Gasteiger partial charge in [0.25, 0.3) is 5.91 Å². The van der Waals surface area contributed by atoms with Crippen LogP contribution >= 0.6 is 0 Å². The molecular weight excluding hydrogens is 248 g/mol. The Bertz CT molecular complexity index is 549. The third-order valence-electron chi connectivity index (χ3n) is 3.20. The van der Waals surface area contributed by atoms with Crippen molar-refractivity contribution in [3.05, 3.63) is 60.2 Å². The van der Waals surface area contributed by atoms with Crippen molar-refractivity contribution in [3.63, 3.8) is 0 Å². The molecule has 0 aliphatic carbocycles. The van der Waals surface area contributed by atoms with Crippen LogP contribution in [0.5, 0.6) is 0 Å². The molecule has 0 radical (unpaired) electrons. The first-order chi connectivity index (χ1) is 9.69. The third kappa shape index (κ3) is 3.85. The largest absolute Gasteiger partial charge is 0.383 e. The van der Waals surface area contributed by atoms with Gasteiger partial charge in [-0.3, -0.25) is 4.79 Å². The fourth-order valence-electron chi connectivity index (χ4n) is 1.83. The Morgan fingerprint density at radius 2 is 1.60 bits per heavy atom. The summed E-state index contributed by atoms with van der Waals surface area (Å²) in [5.41, 5.74) is 2.53. The second-order valence-electron chi connectivity index (χ2n) is 4.85. The molecule has 20 heavy (non-hydrogen) atoms. The van der Waals surface area contributed by atoms with E-state index in [-0.39, 0.29) is 5.91 Å². The predicted molar refractivity (Wildman–Crippen MR) is 84.2 cm³/mol. The van der Waals surface area contributed by atoms with E-state index in [1.807, 2.05) is 42.5 Å². The second kappa shape index (κ2) is 6.75. The highest BCUT2D eigenvalue weighted by Gasteiger charge is 2.05. The minimum absolute atomic E-state index is 0.0896. The van der Waals surface area contributed by atoms with Crippen molar-refractivity contribution in [2.24, 2.45) is 0 Å². The van der Waals surface area contributed by atoms with Gasteiger partial charge in [0.15, 0.2) is 0 Å². The van der Waals surface area contributed by atoms with E-state index >= 15 is 0 Å². The van der Waals surface area contributed by atoms with Crippen LogP contribution in [-0.2, 0) is 0 Å². The van der Waals surface area contributed by atoms with Gasteiger partial charge in [-0.15, -0.1) is 0 Å². The summed E-state index contributed by atoms with van der Waals surface area (Å²) in [5.74, 6) is -0.0896. The summed E-state index contributed by atoms with van der Waals surface area (Å²) in [4.78, 5) is 12.0. The monoisotopic (exact) mass is 268 g/mol. The summed E-state index contributed by atoms with van der Waals surface area (Å²) < 4.78 is 0. The second-order valence-corrected chi connectivity index (χ2v) is 4.85. The van der Waals surface area contributed by atoms with Gasteiger partial charge in [-0.25, -0.2) is 0 Å². The van der Waals surface area contributed by atoms with Crippen LogP contribution < -0.4 is 10.6 Å². The number of amides is 1. The number of hydrogen-bond acceptors (Lipinski definition) is 2. The molecule has 0 aliphatic heterocycles. The Balaban J connectivity index is 1.99. The molecule has 0 heterocycles. The molecule has 0 saturated carbocycles. The van der Waals surface area contributed by atoms with Gasteiger partial charge in [-0.1, -0.05) is 25.1 Å². The number of rotatable bonds is 5. The highest BCUT2D eigenvalue weighted by molar-refractivity contribution is 6.04. The minimum atomic E-state index is -0.0896. The maximum absolute atomic E-state index is 12.0. The fraction of sp³-hybridized carbons (Fsp3) is 0.235. The van der Waals surface area contributed by atoms with Gasteiger partial charge >= 0.3 is 0 Å². The highest BCUT2D eigenvalue weighted by Crippen LogP contribution is 2.16. The topological polar surface area (TPSA) is 41.1 Å². The molecule has 104 valence electrons. The van der Waals surface area contributed by atoms with Gasteiger partial charge in [0.1, 0.15) is 0 Å². The van der Waals surface area contributed by atoms with E-state index in [1.165, 1.54) is 0 Å². The summed E-state index contributed by atoms with van der Waals surface area (Å²) in [7, 11) is 0. The number of carbonyl (C=O) groups excluding carboxylic acids is 1. The quantitative estimate of drug-likeness (QED) is 0.855. The van der Waals surface area contributed by atoms with Crippen molar-refractivity contribution < 1.29 is 4.79 Å². The van der Waals surface area contributed by atoms with Gasteiger partial charge in [0.2, 0.25) is 0 Å². The Morgan fingerprint density at radius 1 is 1.00 bits per heavy atom. The lowest BCUT2D eigenvalue weighted by molar-refractivity contribution is 0.102. The lowest BCUT2D eigenvalue weighted by atomic mass is 10.2. The van der Waals surface area contributed by atoms with Crippen molar-refractivity contribution in [3.8, 4) is 0 Å². The van der Waals surface area contributed by atoms with Gasteiger partial charge in [0.05, 0.1) is 0 Å². The average molecular weight is 268 g/mol. The zero-order valence-electron chi connectivity index (χ0n) is 11.9. The molecule has 3 heteroatoms. The first kappa shape index (κ1) is 14.1. The van der Waals surface area contributed by atoms with Crippen molar-refractivity contribution in [1.82, 2.24) is 0 Å². The zero-order chi connectivity index (χ0) is 14.4. The van der Waals surface area contributed by atoms with Crippen LogP contribution in [0.3, 0.4) is 0 Å². The van der Waals surface area contributed by atoms with E-state index in [0.717, 1.165) is 17.8 Å². The summed E-state index contributed by atoms with van der Waals surface area (Å²) >= 11 is 0. The molecule has 2 rings (SSSR count). The van der Waals surface area contributed by atoms with Crippen LogP contribution in [0.15, 0.2) is 54.6 Å². The molecule has 1 unspecified atom stereocenters. The fourth-order valence-corrected chi connectivity index (χ4v) is 1.83. The highest BCUT2D eigenvalue weighted by atomic mass is 16.1. The molecule has 1 atom stereocenters. The SMILES string of the molecule is CCC(C)Nc1ccc(NC(=O)c2ccccc2)cc1. The van der Waals surface area contributed by atoms with Crippen LogP contribution in [0.2, 0.25) is 0 Å². The summed E-state index contributed by atoms with van der Waals surface area (Å²) in [6, 6.07) is 17.4. The van der Waals surface area contributed by atoms with E-state index < -0.39 is 0 Å². The van der Waals surface area contributed by atoms with Gasteiger partial charge in [-0.2, -0.15) is 0 Å². The molecule has 0 aliphatic rings. The number of carbonyl (C=O) groups is 1. The normalized spacial score (nSPS) is 11.7. The molecule has 0 aromatic heterocycles. The number of anilines is 2. The molecule has 0 saturated heterocycles. The maximum Gasteiger partial charge on any atom is 0.255 e. The summed E-state index contributed by atoms with van der Waals surface area (Å²) in [5, 5.41) is 6.28. The standard InChI is InChI=1S/C17H20N2O/c1-3-13(2)18-15-9-11-16(12-10-15)19-17(20)14-7-5-4-6-8-14/h4-13,18H,3H2,1-2H3,(H,19,20). The summed E-state index contributed by atoms with van der Waals surface area (Å²) in [6.07, 6.45) is 1.08. The van der Waals surface area contributed by atoms with Crippen LogP contribution in [0.25, 0.3) is 0 Å². The summed E-state index contributed by atoms with van der Waals surface area (Å²) in [6.45, 7) is 4.29. The minimum Gasteiger partial charge on any atom is -0.383 e. The van der Waals surface area contributed by atoms with Crippen molar-refractivity contribution >= 4 is 17.3 Å². The molecule has 0 spiro atoms. The maximum atomic E-state index is 12.0. The number of nitrogens with one attached hydrogen (secondary N) is 2. The molecule has 2 aromatic carbocycles. The average Bonchev–Trinajstić information content (AvgIpc) is 2.50. The number of hydrogen-bond donors (Lipinski definition) is 2. The Morgan fingerprint density at radius 3 is 2.20 bits per heavy atom. The predicted octanol–water partition coefficient (Wildman–Crippen LogP) is 4.15. The Kier molecular flexibility index (Phi) is 4.77. The van der Waals surface area contributed by atoms with E-state index in [4.69, 9.17) is 0 Å². The van der Waals surface area contributed by atoms with Crippen LogP contribution in [0.1, 0.15) is 30.6 Å². The van der Waals surface area contributed by atoms with Crippen molar-refractivity contribution in [2.45, 2.75) is 26.3 Å². The van der Waals surface area contributed by atoms with E-state index in [1.54, 1.807) is 12.1 Å². The van der Waals surface area contributed by atoms with Crippen molar-refractivity contribution in [2.75, 3.05) is 10.6 Å².